The molecule has 2 nitrogen and oxygen atoms in total. The van der Waals surface area contributed by atoms with Gasteiger partial charge in [-0.05, 0) is 42.5 Å². The molecule has 0 bridgehead atoms. The summed E-state index contributed by atoms with van der Waals surface area (Å²) in [5.41, 5.74) is 2.65. The van der Waals surface area contributed by atoms with Crippen molar-refractivity contribution in [1.82, 2.24) is 9.88 Å². The molecule has 0 aliphatic heterocycles. The fraction of sp³-hybridized carbons (Fsp3) is 0.294. The lowest BCUT2D eigenvalue weighted by atomic mass is 10.2. The van der Waals surface area contributed by atoms with E-state index < -0.39 is 0 Å². The Morgan fingerprint density at radius 2 is 2.05 bits per heavy atom. The molecule has 0 radical (unpaired) electrons. The summed E-state index contributed by atoms with van der Waals surface area (Å²) < 4.78 is 3.27. The van der Waals surface area contributed by atoms with Crippen LogP contribution in [0.3, 0.4) is 0 Å². The van der Waals surface area contributed by atoms with E-state index in [9.17, 15) is 0 Å². The van der Waals surface area contributed by atoms with Crippen LogP contribution in [0.1, 0.15) is 23.4 Å². The van der Waals surface area contributed by atoms with Gasteiger partial charge in [0.25, 0.3) is 0 Å². The largest absolute Gasteiger partial charge is 0.338 e. The second kappa shape index (κ2) is 5.48. The molecule has 108 valence electrons. The highest BCUT2D eigenvalue weighted by molar-refractivity contribution is 7.16. The maximum Gasteiger partial charge on any atom is 0.0931 e. The van der Waals surface area contributed by atoms with Gasteiger partial charge in [0.15, 0.2) is 0 Å². The molecule has 1 fully saturated rings. The summed E-state index contributed by atoms with van der Waals surface area (Å²) in [5, 5.41) is 4.93. The highest BCUT2D eigenvalue weighted by atomic mass is 35.5. The van der Waals surface area contributed by atoms with Gasteiger partial charge in [-0.3, -0.25) is 0 Å². The molecule has 0 saturated heterocycles. The van der Waals surface area contributed by atoms with Gasteiger partial charge < -0.3 is 9.88 Å². The zero-order chi connectivity index (χ0) is 14.2. The number of hydrogen-bond donors (Lipinski definition) is 1. The Kier molecular flexibility index (Phi) is 3.49. The quantitative estimate of drug-likeness (QED) is 0.724. The average Bonchev–Trinajstić information content (AvgIpc) is 3.14. The van der Waals surface area contributed by atoms with Gasteiger partial charge in [-0.15, -0.1) is 11.3 Å². The first-order valence-corrected chi connectivity index (χ1v) is 8.54. The van der Waals surface area contributed by atoms with Crippen molar-refractivity contribution in [3.8, 4) is 0 Å². The number of rotatable bonds is 5. The molecule has 1 aliphatic carbocycles. The van der Waals surface area contributed by atoms with Gasteiger partial charge in [0.2, 0.25) is 0 Å². The minimum absolute atomic E-state index is 0.729. The van der Waals surface area contributed by atoms with Crippen molar-refractivity contribution in [2.75, 3.05) is 0 Å². The van der Waals surface area contributed by atoms with Crippen molar-refractivity contribution in [2.24, 2.45) is 0 Å². The molecule has 0 amide bonds. The van der Waals surface area contributed by atoms with E-state index in [0.29, 0.717) is 0 Å². The number of hydrogen-bond acceptors (Lipinski definition) is 2. The maximum atomic E-state index is 6.07. The third-order valence-corrected chi connectivity index (χ3v) is 5.20. The number of nitrogens with zero attached hydrogens (tertiary/aromatic N) is 1. The van der Waals surface area contributed by atoms with Crippen LogP contribution < -0.4 is 5.32 Å². The van der Waals surface area contributed by atoms with E-state index in [1.807, 2.05) is 6.07 Å². The fourth-order valence-electron chi connectivity index (χ4n) is 2.73. The molecule has 3 aromatic rings. The average molecular weight is 317 g/mol. The number of fused-ring (bicyclic) bond motifs is 1. The van der Waals surface area contributed by atoms with E-state index in [1.54, 1.807) is 11.3 Å². The molecule has 4 rings (SSSR count). The zero-order valence-electron chi connectivity index (χ0n) is 11.7. The molecule has 0 spiro atoms. The summed E-state index contributed by atoms with van der Waals surface area (Å²) in [5.74, 6) is 0. The lowest BCUT2D eigenvalue weighted by molar-refractivity contribution is 0.643. The molecule has 0 unspecified atom stereocenters. The minimum atomic E-state index is 0.729. The van der Waals surface area contributed by atoms with Gasteiger partial charge in [-0.2, -0.15) is 0 Å². The van der Waals surface area contributed by atoms with Crippen LogP contribution in [-0.4, -0.2) is 10.6 Å². The lowest BCUT2D eigenvalue weighted by Crippen LogP contribution is -2.18. The highest BCUT2D eigenvalue weighted by Crippen LogP contribution is 2.27. The third-order valence-electron chi connectivity index (χ3n) is 3.99. The van der Waals surface area contributed by atoms with Crippen molar-refractivity contribution < 1.29 is 0 Å². The first-order chi connectivity index (χ1) is 10.3. The van der Waals surface area contributed by atoms with E-state index in [0.717, 1.165) is 23.5 Å². The van der Waals surface area contributed by atoms with Crippen LogP contribution in [0.2, 0.25) is 4.34 Å². The molecule has 1 aromatic carbocycles. The lowest BCUT2D eigenvalue weighted by Gasteiger charge is -2.10. The SMILES string of the molecule is Clc1ccc(Cn2c(CNC3CC3)cc3ccccc32)s1. The van der Waals surface area contributed by atoms with Crippen LogP contribution in [0.4, 0.5) is 0 Å². The molecular weight excluding hydrogens is 300 g/mol. The number of thiophene rings is 1. The number of benzene rings is 1. The normalized spacial score (nSPS) is 14.9. The number of aromatic nitrogens is 1. The smallest absolute Gasteiger partial charge is 0.0931 e. The Morgan fingerprint density at radius 3 is 2.81 bits per heavy atom. The zero-order valence-corrected chi connectivity index (χ0v) is 13.3. The second-order valence-electron chi connectivity index (χ2n) is 5.64. The standard InChI is InChI=1S/C17H17ClN2S/c18-17-8-7-15(21-17)11-20-14(10-19-13-5-6-13)9-12-3-1-2-4-16(12)20/h1-4,7-9,13,19H,5-6,10-11H2. The van der Waals surface area contributed by atoms with Crippen molar-refractivity contribution in [2.45, 2.75) is 32.0 Å². The number of nitrogens with one attached hydrogen (secondary N) is 1. The van der Waals surface area contributed by atoms with Crippen LogP contribution in [0.5, 0.6) is 0 Å². The van der Waals surface area contributed by atoms with Crippen molar-refractivity contribution in [1.29, 1.82) is 0 Å². The molecule has 2 aromatic heterocycles. The Bertz CT molecular complexity index is 770. The number of para-hydroxylation sites is 1. The second-order valence-corrected chi connectivity index (χ2v) is 7.44. The van der Waals surface area contributed by atoms with Crippen LogP contribution in [0, 0.1) is 0 Å². The van der Waals surface area contributed by atoms with Gasteiger partial charge in [-0.1, -0.05) is 29.8 Å². The van der Waals surface area contributed by atoms with E-state index in [1.165, 1.54) is 34.3 Å². The van der Waals surface area contributed by atoms with Crippen molar-refractivity contribution in [3.05, 3.63) is 57.4 Å². The Balaban J connectivity index is 1.70. The Morgan fingerprint density at radius 1 is 1.19 bits per heavy atom. The monoisotopic (exact) mass is 316 g/mol. The summed E-state index contributed by atoms with van der Waals surface area (Å²) in [6, 6.07) is 15.7. The predicted octanol–water partition coefficient (Wildman–Crippen LogP) is 4.66. The first kappa shape index (κ1) is 13.4. The minimum Gasteiger partial charge on any atom is -0.338 e. The van der Waals surface area contributed by atoms with E-state index in [-0.39, 0.29) is 0 Å². The van der Waals surface area contributed by atoms with Gasteiger partial charge in [0.05, 0.1) is 10.9 Å². The summed E-state index contributed by atoms with van der Waals surface area (Å²) in [7, 11) is 0. The highest BCUT2D eigenvalue weighted by Gasteiger charge is 2.21. The summed E-state index contributed by atoms with van der Waals surface area (Å²) >= 11 is 7.73. The molecule has 4 heteroatoms. The predicted molar refractivity (Wildman–Crippen MR) is 90.2 cm³/mol. The molecule has 1 N–H and O–H groups in total. The van der Waals surface area contributed by atoms with Crippen LogP contribution >= 0.6 is 22.9 Å². The number of halogens is 1. The third kappa shape index (κ3) is 2.86. The van der Waals surface area contributed by atoms with Crippen molar-refractivity contribution >= 4 is 33.8 Å². The molecular formula is C17H17ClN2S. The first-order valence-electron chi connectivity index (χ1n) is 7.34. The Hall–Kier alpha value is -1.29. The van der Waals surface area contributed by atoms with Crippen LogP contribution in [0.15, 0.2) is 42.5 Å². The molecule has 2 heterocycles. The van der Waals surface area contributed by atoms with Gasteiger partial charge in [0, 0.05) is 28.7 Å². The molecule has 1 saturated carbocycles. The van der Waals surface area contributed by atoms with Gasteiger partial charge >= 0.3 is 0 Å². The molecule has 21 heavy (non-hydrogen) atoms. The van der Waals surface area contributed by atoms with E-state index in [2.05, 4.69) is 46.3 Å². The fourth-order valence-corrected chi connectivity index (χ4v) is 3.81. The summed E-state index contributed by atoms with van der Waals surface area (Å²) in [4.78, 5) is 1.30. The van der Waals surface area contributed by atoms with E-state index in [4.69, 9.17) is 11.6 Å². The van der Waals surface area contributed by atoms with Crippen molar-refractivity contribution in [3.63, 3.8) is 0 Å². The molecule has 1 aliphatic rings. The topological polar surface area (TPSA) is 17.0 Å². The molecule has 0 atom stereocenters. The van der Waals surface area contributed by atoms with Crippen LogP contribution in [-0.2, 0) is 13.1 Å². The van der Waals surface area contributed by atoms with Gasteiger partial charge in [0.1, 0.15) is 0 Å². The maximum absolute atomic E-state index is 6.07. The van der Waals surface area contributed by atoms with Crippen LogP contribution in [0.25, 0.3) is 10.9 Å². The summed E-state index contributed by atoms with van der Waals surface area (Å²) in [6.45, 7) is 1.84. The van der Waals surface area contributed by atoms with Gasteiger partial charge in [-0.25, -0.2) is 0 Å². The Labute approximate surface area is 133 Å². The summed E-state index contributed by atoms with van der Waals surface area (Å²) in [6.07, 6.45) is 2.64. The van der Waals surface area contributed by atoms with E-state index >= 15 is 0 Å².